The molecule has 2 aliphatic rings. The molecule has 0 amide bonds. The summed E-state index contributed by atoms with van der Waals surface area (Å²) in [6.45, 7) is 11.3. The van der Waals surface area contributed by atoms with Crippen LogP contribution < -0.4 is 5.32 Å². The SMILES string of the molecule is CCNC(=NCC1(C)CC1)N1CCN(Cc2ccon2)CC1. The van der Waals surface area contributed by atoms with Gasteiger partial charge < -0.3 is 14.7 Å². The third kappa shape index (κ3) is 4.00. The van der Waals surface area contributed by atoms with E-state index in [0.29, 0.717) is 5.41 Å². The zero-order chi connectivity index (χ0) is 15.4. The van der Waals surface area contributed by atoms with Gasteiger partial charge in [-0.1, -0.05) is 12.1 Å². The molecule has 3 rings (SSSR count). The number of aromatic nitrogens is 1. The van der Waals surface area contributed by atoms with Crippen LogP contribution in [0.4, 0.5) is 0 Å². The van der Waals surface area contributed by atoms with Crippen LogP contribution in [0.2, 0.25) is 0 Å². The molecule has 0 bridgehead atoms. The van der Waals surface area contributed by atoms with E-state index in [2.05, 4.69) is 34.1 Å². The Balaban J connectivity index is 1.51. The summed E-state index contributed by atoms with van der Waals surface area (Å²) in [7, 11) is 0. The third-order valence-electron chi connectivity index (χ3n) is 4.60. The molecule has 1 aliphatic carbocycles. The Morgan fingerprint density at radius 1 is 1.36 bits per heavy atom. The molecule has 122 valence electrons. The highest BCUT2D eigenvalue weighted by atomic mass is 16.5. The molecule has 1 N–H and O–H groups in total. The summed E-state index contributed by atoms with van der Waals surface area (Å²) in [5.41, 5.74) is 1.48. The van der Waals surface area contributed by atoms with Crippen molar-refractivity contribution in [1.29, 1.82) is 0 Å². The standard InChI is InChI=1S/C16H27N5O/c1-3-17-15(18-13-16(2)5-6-16)21-9-7-20(8-10-21)12-14-4-11-22-19-14/h4,11H,3,5-10,12-13H2,1-2H3,(H,17,18). The van der Waals surface area contributed by atoms with Gasteiger partial charge in [-0.2, -0.15) is 0 Å². The van der Waals surface area contributed by atoms with Gasteiger partial charge in [0.05, 0.1) is 5.69 Å². The molecule has 0 unspecified atom stereocenters. The molecule has 1 aromatic heterocycles. The smallest absolute Gasteiger partial charge is 0.194 e. The Labute approximate surface area is 132 Å². The number of guanidine groups is 1. The summed E-state index contributed by atoms with van der Waals surface area (Å²) in [5.74, 6) is 1.08. The number of hydrogen-bond donors (Lipinski definition) is 1. The lowest BCUT2D eigenvalue weighted by Crippen LogP contribution is -2.52. The Bertz CT molecular complexity index is 487. The van der Waals surface area contributed by atoms with Crippen LogP contribution in [0, 0.1) is 5.41 Å². The average Bonchev–Trinajstić information content (AvgIpc) is 3.04. The maximum absolute atomic E-state index is 4.90. The molecular weight excluding hydrogens is 278 g/mol. The molecule has 0 spiro atoms. The van der Waals surface area contributed by atoms with Gasteiger partial charge in [0.1, 0.15) is 6.26 Å². The third-order valence-corrected chi connectivity index (χ3v) is 4.60. The van der Waals surface area contributed by atoms with Gasteiger partial charge >= 0.3 is 0 Å². The molecular formula is C16H27N5O. The predicted molar refractivity (Wildman–Crippen MR) is 86.7 cm³/mol. The largest absolute Gasteiger partial charge is 0.364 e. The summed E-state index contributed by atoms with van der Waals surface area (Å²) in [6.07, 6.45) is 4.28. The molecule has 0 radical (unpaired) electrons. The van der Waals surface area contributed by atoms with Crippen LogP contribution in [0.5, 0.6) is 0 Å². The second-order valence-electron chi connectivity index (χ2n) is 6.73. The van der Waals surface area contributed by atoms with Crippen LogP contribution in [-0.2, 0) is 6.54 Å². The molecule has 1 saturated heterocycles. The first-order valence-electron chi connectivity index (χ1n) is 8.33. The van der Waals surface area contributed by atoms with E-state index in [0.717, 1.165) is 57.5 Å². The number of hydrogen-bond acceptors (Lipinski definition) is 4. The van der Waals surface area contributed by atoms with Crippen molar-refractivity contribution in [2.24, 2.45) is 10.4 Å². The van der Waals surface area contributed by atoms with Crippen molar-refractivity contribution < 1.29 is 4.52 Å². The average molecular weight is 305 g/mol. The van der Waals surface area contributed by atoms with E-state index in [4.69, 9.17) is 9.52 Å². The maximum atomic E-state index is 4.90. The van der Waals surface area contributed by atoms with Crippen molar-refractivity contribution in [3.63, 3.8) is 0 Å². The number of piperazine rings is 1. The van der Waals surface area contributed by atoms with Gasteiger partial charge in [-0.15, -0.1) is 0 Å². The van der Waals surface area contributed by atoms with E-state index >= 15 is 0 Å². The lowest BCUT2D eigenvalue weighted by atomic mass is 10.1. The summed E-state index contributed by atoms with van der Waals surface area (Å²) < 4.78 is 4.90. The van der Waals surface area contributed by atoms with Crippen LogP contribution >= 0.6 is 0 Å². The zero-order valence-electron chi connectivity index (χ0n) is 13.7. The highest BCUT2D eigenvalue weighted by Crippen LogP contribution is 2.45. The highest BCUT2D eigenvalue weighted by molar-refractivity contribution is 5.80. The van der Waals surface area contributed by atoms with E-state index in [1.165, 1.54) is 12.8 Å². The number of nitrogens with one attached hydrogen (secondary N) is 1. The predicted octanol–water partition coefficient (Wildman–Crippen LogP) is 1.56. The minimum Gasteiger partial charge on any atom is -0.364 e. The second-order valence-corrected chi connectivity index (χ2v) is 6.73. The van der Waals surface area contributed by atoms with Gasteiger partial charge in [-0.05, 0) is 25.2 Å². The van der Waals surface area contributed by atoms with Crippen LogP contribution in [-0.4, -0.2) is 60.2 Å². The van der Waals surface area contributed by atoms with Crippen LogP contribution in [0.15, 0.2) is 21.8 Å². The van der Waals surface area contributed by atoms with Crippen molar-refractivity contribution >= 4 is 5.96 Å². The number of aliphatic imine (C=N–C) groups is 1. The van der Waals surface area contributed by atoms with Gasteiger partial charge in [-0.25, -0.2) is 0 Å². The Morgan fingerprint density at radius 3 is 2.73 bits per heavy atom. The van der Waals surface area contributed by atoms with E-state index in [1.54, 1.807) is 6.26 Å². The summed E-state index contributed by atoms with van der Waals surface area (Å²) >= 11 is 0. The fourth-order valence-corrected chi connectivity index (χ4v) is 2.73. The fourth-order valence-electron chi connectivity index (χ4n) is 2.73. The van der Waals surface area contributed by atoms with Crippen LogP contribution in [0.3, 0.4) is 0 Å². The fraction of sp³-hybridized carbons (Fsp3) is 0.750. The van der Waals surface area contributed by atoms with Crippen molar-refractivity contribution in [3.8, 4) is 0 Å². The lowest BCUT2D eigenvalue weighted by Gasteiger charge is -2.36. The van der Waals surface area contributed by atoms with Crippen molar-refractivity contribution in [1.82, 2.24) is 20.3 Å². The first kappa shape index (κ1) is 15.3. The number of nitrogens with zero attached hydrogens (tertiary/aromatic N) is 4. The topological polar surface area (TPSA) is 56.9 Å². The molecule has 2 heterocycles. The van der Waals surface area contributed by atoms with Gasteiger partial charge in [0, 0.05) is 51.9 Å². The number of rotatable bonds is 5. The molecule has 1 aliphatic heterocycles. The monoisotopic (exact) mass is 305 g/mol. The van der Waals surface area contributed by atoms with Gasteiger partial charge in [0.15, 0.2) is 5.96 Å². The Morgan fingerprint density at radius 2 is 2.14 bits per heavy atom. The molecule has 6 heteroatoms. The zero-order valence-corrected chi connectivity index (χ0v) is 13.7. The quantitative estimate of drug-likeness (QED) is 0.661. The van der Waals surface area contributed by atoms with Crippen LogP contribution in [0.25, 0.3) is 0 Å². The Hall–Kier alpha value is -1.56. The molecule has 0 atom stereocenters. The summed E-state index contributed by atoms with van der Waals surface area (Å²) in [4.78, 5) is 9.66. The van der Waals surface area contributed by atoms with Crippen molar-refractivity contribution in [2.75, 3.05) is 39.3 Å². The molecule has 1 saturated carbocycles. The maximum Gasteiger partial charge on any atom is 0.194 e. The van der Waals surface area contributed by atoms with E-state index in [9.17, 15) is 0 Å². The molecule has 22 heavy (non-hydrogen) atoms. The lowest BCUT2D eigenvalue weighted by molar-refractivity contribution is 0.169. The molecule has 2 fully saturated rings. The first-order chi connectivity index (χ1) is 10.7. The first-order valence-corrected chi connectivity index (χ1v) is 8.33. The molecule has 1 aromatic rings. The Kier molecular flexibility index (Phi) is 4.66. The normalized spacial score (nSPS) is 21.9. The van der Waals surface area contributed by atoms with Crippen molar-refractivity contribution in [2.45, 2.75) is 33.2 Å². The highest BCUT2D eigenvalue weighted by Gasteiger charge is 2.37. The second kappa shape index (κ2) is 6.69. The minimum atomic E-state index is 0.468. The van der Waals surface area contributed by atoms with Gasteiger partial charge in [0.2, 0.25) is 0 Å². The summed E-state index contributed by atoms with van der Waals surface area (Å²) in [6, 6.07) is 1.94. The summed E-state index contributed by atoms with van der Waals surface area (Å²) in [5, 5.41) is 7.43. The van der Waals surface area contributed by atoms with E-state index < -0.39 is 0 Å². The van der Waals surface area contributed by atoms with Crippen LogP contribution in [0.1, 0.15) is 32.4 Å². The minimum absolute atomic E-state index is 0.468. The van der Waals surface area contributed by atoms with Crippen molar-refractivity contribution in [3.05, 3.63) is 18.0 Å². The molecule has 0 aromatic carbocycles. The van der Waals surface area contributed by atoms with Gasteiger partial charge in [-0.3, -0.25) is 9.89 Å². The van der Waals surface area contributed by atoms with E-state index in [1.807, 2.05) is 6.07 Å². The molecule has 6 nitrogen and oxygen atoms in total. The van der Waals surface area contributed by atoms with Gasteiger partial charge in [0.25, 0.3) is 0 Å². The van der Waals surface area contributed by atoms with E-state index in [-0.39, 0.29) is 0 Å².